The largest absolute Gasteiger partial charge is 0.442 e. The van der Waals surface area contributed by atoms with Crippen molar-refractivity contribution >= 4 is 23.3 Å². The SMILES string of the molecule is Cc1ccc2c(c1)CN(c1ncccc1N(N=C(c1ccccc1)c1ccccc1)C(=O)OC(C)(C)C)CC2. The van der Waals surface area contributed by atoms with Crippen LogP contribution >= 0.6 is 0 Å². The van der Waals surface area contributed by atoms with Crippen LogP contribution in [0.25, 0.3) is 0 Å². The van der Waals surface area contributed by atoms with Gasteiger partial charge >= 0.3 is 6.09 Å². The van der Waals surface area contributed by atoms with Crippen molar-refractivity contribution in [3.05, 3.63) is 125 Å². The average Bonchev–Trinajstić information content (AvgIpc) is 2.93. The third-order valence-electron chi connectivity index (χ3n) is 6.53. The zero-order valence-corrected chi connectivity index (χ0v) is 23.0. The van der Waals surface area contributed by atoms with Crippen LogP contribution in [-0.2, 0) is 17.7 Å². The quantitative estimate of drug-likeness (QED) is 0.208. The van der Waals surface area contributed by atoms with Gasteiger partial charge in [0.2, 0.25) is 0 Å². The Bertz CT molecular complexity index is 1440. The van der Waals surface area contributed by atoms with Gasteiger partial charge in [0.05, 0.1) is 5.71 Å². The second-order valence-electron chi connectivity index (χ2n) is 10.8. The fourth-order valence-electron chi connectivity index (χ4n) is 4.74. The van der Waals surface area contributed by atoms with Crippen LogP contribution in [0, 0.1) is 6.92 Å². The molecule has 1 aliphatic heterocycles. The number of nitrogens with zero attached hydrogens (tertiary/aromatic N) is 4. The topological polar surface area (TPSA) is 58.0 Å². The third kappa shape index (κ3) is 6.17. The Hall–Kier alpha value is -4.45. The number of ether oxygens (including phenoxy) is 1. The molecule has 4 aromatic rings. The number of benzene rings is 3. The number of hydrogen-bond donors (Lipinski definition) is 0. The van der Waals surface area contributed by atoms with E-state index in [4.69, 9.17) is 14.8 Å². The predicted molar refractivity (Wildman–Crippen MR) is 157 cm³/mol. The van der Waals surface area contributed by atoms with E-state index in [0.717, 1.165) is 24.1 Å². The molecule has 0 aliphatic carbocycles. The van der Waals surface area contributed by atoms with Crippen molar-refractivity contribution in [1.29, 1.82) is 0 Å². The van der Waals surface area contributed by atoms with E-state index in [1.807, 2.05) is 93.6 Å². The fourth-order valence-corrected chi connectivity index (χ4v) is 4.74. The summed E-state index contributed by atoms with van der Waals surface area (Å²) in [7, 11) is 0. The Morgan fingerprint density at radius 2 is 1.56 bits per heavy atom. The minimum atomic E-state index is -0.700. The first-order chi connectivity index (χ1) is 18.8. The lowest BCUT2D eigenvalue weighted by Crippen LogP contribution is -2.37. The molecule has 0 atom stereocenters. The number of aryl methyl sites for hydroxylation is 1. The third-order valence-corrected chi connectivity index (χ3v) is 6.53. The smallest absolute Gasteiger partial charge is 0.435 e. The first-order valence-electron chi connectivity index (χ1n) is 13.3. The zero-order valence-electron chi connectivity index (χ0n) is 23.0. The predicted octanol–water partition coefficient (Wildman–Crippen LogP) is 7.15. The van der Waals surface area contributed by atoms with E-state index in [-0.39, 0.29) is 0 Å². The van der Waals surface area contributed by atoms with Gasteiger partial charge in [0, 0.05) is 30.4 Å². The molecule has 198 valence electrons. The van der Waals surface area contributed by atoms with E-state index >= 15 is 0 Å². The monoisotopic (exact) mass is 518 g/mol. The minimum absolute atomic E-state index is 0.561. The number of fused-ring (bicyclic) bond motifs is 1. The van der Waals surface area contributed by atoms with Gasteiger partial charge in [0.15, 0.2) is 5.82 Å². The van der Waals surface area contributed by atoms with Gasteiger partial charge in [0.1, 0.15) is 11.3 Å². The maximum Gasteiger partial charge on any atom is 0.435 e. The molecule has 0 saturated carbocycles. The number of hydrazone groups is 1. The van der Waals surface area contributed by atoms with Crippen molar-refractivity contribution < 1.29 is 9.53 Å². The summed E-state index contributed by atoms with van der Waals surface area (Å²) in [4.78, 5) is 20.8. The zero-order chi connectivity index (χ0) is 27.4. The lowest BCUT2D eigenvalue weighted by Gasteiger charge is -2.33. The highest BCUT2D eigenvalue weighted by Crippen LogP contribution is 2.33. The van der Waals surface area contributed by atoms with Crippen LogP contribution < -0.4 is 9.91 Å². The molecule has 0 saturated heterocycles. The van der Waals surface area contributed by atoms with Crippen molar-refractivity contribution in [3.63, 3.8) is 0 Å². The number of hydrogen-bond acceptors (Lipinski definition) is 5. The highest BCUT2D eigenvalue weighted by molar-refractivity contribution is 6.14. The molecule has 6 nitrogen and oxygen atoms in total. The summed E-state index contributed by atoms with van der Waals surface area (Å²) in [5.41, 5.74) is 6.19. The van der Waals surface area contributed by atoms with Gasteiger partial charge in [-0.15, -0.1) is 0 Å². The van der Waals surface area contributed by atoms with Crippen LogP contribution in [0.15, 0.2) is 102 Å². The molecule has 1 aromatic heterocycles. The summed E-state index contributed by atoms with van der Waals surface area (Å²) in [6, 6.07) is 30.1. The van der Waals surface area contributed by atoms with E-state index in [0.29, 0.717) is 23.8 Å². The number of rotatable bonds is 5. The number of amides is 1. The number of anilines is 2. The molecular weight excluding hydrogens is 484 g/mol. The first-order valence-corrected chi connectivity index (χ1v) is 13.3. The van der Waals surface area contributed by atoms with Gasteiger partial charge in [-0.3, -0.25) is 0 Å². The number of aromatic nitrogens is 1. The van der Waals surface area contributed by atoms with Gasteiger partial charge in [-0.1, -0.05) is 84.4 Å². The lowest BCUT2D eigenvalue weighted by molar-refractivity contribution is 0.0581. The molecule has 0 unspecified atom stereocenters. The molecule has 1 aliphatic rings. The second kappa shape index (κ2) is 11.1. The number of carbonyl (C=O) groups is 1. The first kappa shape index (κ1) is 26.2. The van der Waals surface area contributed by atoms with E-state index in [1.165, 1.54) is 21.7 Å². The van der Waals surface area contributed by atoms with Crippen LogP contribution in [0.1, 0.15) is 48.6 Å². The molecule has 6 heteroatoms. The molecule has 0 bridgehead atoms. The highest BCUT2D eigenvalue weighted by Gasteiger charge is 2.29. The Kier molecular flexibility index (Phi) is 7.46. The van der Waals surface area contributed by atoms with Crippen molar-refractivity contribution in [2.75, 3.05) is 16.5 Å². The van der Waals surface area contributed by atoms with Crippen molar-refractivity contribution in [2.24, 2.45) is 5.10 Å². The maximum atomic E-state index is 13.8. The Morgan fingerprint density at radius 1 is 0.897 bits per heavy atom. The summed E-state index contributed by atoms with van der Waals surface area (Å²) < 4.78 is 5.87. The van der Waals surface area contributed by atoms with Crippen LogP contribution in [0.4, 0.5) is 16.3 Å². The van der Waals surface area contributed by atoms with Gasteiger partial charge in [-0.05, 0) is 57.4 Å². The molecule has 0 spiro atoms. The summed E-state index contributed by atoms with van der Waals surface area (Å²) >= 11 is 0. The van der Waals surface area contributed by atoms with Crippen LogP contribution in [0.2, 0.25) is 0 Å². The standard InChI is InChI=1S/C33H34N4O2/c1-24-17-18-25-19-21-36(23-28(25)22-24)31-29(16-11-20-34-31)37(32(38)39-33(2,3)4)35-30(26-12-7-5-8-13-26)27-14-9-6-10-15-27/h5-18,20,22H,19,21,23H2,1-4H3. The Balaban J connectivity index is 1.63. The number of carbonyl (C=O) groups excluding carboxylic acids is 1. The molecule has 0 radical (unpaired) electrons. The molecule has 2 heterocycles. The Morgan fingerprint density at radius 3 is 2.21 bits per heavy atom. The minimum Gasteiger partial charge on any atom is -0.442 e. The molecular formula is C33H34N4O2. The van der Waals surface area contributed by atoms with Crippen molar-refractivity contribution in [3.8, 4) is 0 Å². The van der Waals surface area contributed by atoms with E-state index < -0.39 is 11.7 Å². The van der Waals surface area contributed by atoms with Gasteiger partial charge in [-0.2, -0.15) is 10.1 Å². The second-order valence-corrected chi connectivity index (χ2v) is 10.8. The molecule has 3 aromatic carbocycles. The van der Waals surface area contributed by atoms with Crippen LogP contribution in [0.3, 0.4) is 0 Å². The van der Waals surface area contributed by atoms with Gasteiger partial charge in [-0.25, -0.2) is 9.78 Å². The summed E-state index contributed by atoms with van der Waals surface area (Å²) in [5, 5.41) is 6.36. The van der Waals surface area contributed by atoms with Crippen LogP contribution in [0.5, 0.6) is 0 Å². The Labute approximate surface area is 230 Å². The van der Waals surface area contributed by atoms with E-state index in [2.05, 4.69) is 30.0 Å². The van der Waals surface area contributed by atoms with E-state index in [1.54, 1.807) is 6.20 Å². The van der Waals surface area contributed by atoms with Crippen molar-refractivity contribution in [2.45, 2.75) is 46.3 Å². The normalized spacial score (nSPS) is 12.9. The highest BCUT2D eigenvalue weighted by atomic mass is 16.6. The van der Waals surface area contributed by atoms with Gasteiger partial charge in [0.25, 0.3) is 0 Å². The summed E-state index contributed by atoms with van der Waals surface area (Å²) in [6.45, 7) is 9.18. The summed E-state index contributed by atoms with van der Waals surface area (Å²) in [5.74, 6) is 0.694. The van der Waals surface area contributed by atoms with Crippen molar-refractivity contribution in [1.82, 2.24) is 4.98 Å². The lowest BCUT2D eigenvalue weighted by atomic mass is 9.97. The van der Waals surface area contributed by atoms with E-state index in [9.17, 15) is 4.79 Å². The molecule has 39 heavy (non-hydrogen) atoms. The fraction of sp³-hybridized carbons (Fsp3) is 0.242. The number of pyridine rings is 1. The molecule has 1 amide bonds. The summed E-state index contributed by atoms with van der Waals surface area (Å²) in [6.07, 6.45) is 2.10. The van der Waals surface area contributed by atoms with Crippen LogP contribution in [-0.4, -0.2) is 28.9 Å². The maximum absolute atomic E-state index is 13.8. The molecule has 0 fully saturated rings. The van der Waals surface area contributed by atoms with Gasteiger partial charge < -0.3 is 9.64 Å². The molecule has 5 rings (SSSR count). The molecule has 0 N–H and O–H groups in total. The average molecular weight is 519 g/mol.